The number of imide groups is 1. The van der Waals surface area contributed by atoms with Crippen molar-refractivity contribution in [2.75, 3.05) is 7.05 Å². The fourth-order valence-corrected chi connectivity index (χ4v) is 3.05. The predicted molar refractivity (Wildman–Crippen MR) is 76.2 cm³/mol. The molecule has 0 saturated carbocycles. The van der Waals surface area contributed by atoms with Crippen molar-refractivity contribution in [3.63, 3.8) is 0 Å². The van der Waals surface area contributed by atoms with Gasteiger partial charge in [0.05, 0.1) is 21.9 Å². The minimum absolute atomic E-state index is 0.0360. The average Bonchev–Trinajstić information content (AvgIpc) is 2.81. The molecule has 2 amide bonds. The zero-order valence-corrected chi connectivity index (χ0v) is 12.7. The Bertz CT molecular complexity index is 813. The van der Waals surface area contributed by atoms with Crippen LogP contribution in [0.5, 0.6) is 0 Å². The lowest BCUT2D eigenvalue weighted by atomic mass is 10.2. The molecule has 2 heterocycles. The zero-order chi connectivity index (χ0) is 14.6. The molecule has 3 rings (SSSR count). The number of nitrogens with one attached hydrogen (secondary N) is 1. The van der Waals surface area contributed by atoms with E-state index in [0.29, 0.717) is 20.3 Å². The number of likely N-dealkylation sites (tertiary alicyclic amines) is 1. The van der Waals surface area contributed by atoms with E-state index in [-0.39, 0.29) is 18.2 Å². The molecule has 104 valence electrons. The van der Waals surface area contributed by atoms with E-state index in [9.17, 15) is 14.0 Å². The summed E-state index contributed by atoms with van der Waals surface area (Å²) in [5.74, 6) is -1.06. The number of carbonyl (C=O) groups is 2. The molecule has 2 aromatic rings. The molecule has 1 fully saturated rings. The summed E-state index contributed by atoms with van der Waals surface area (Å²) in [7, 11) is 1.43. The van der Waals surface area contributed by atoms with Crippen LogP contribution in [0, 0.1) is 10.6 Å². The second kappa shape index (κ2) is 4.49. The van der Waals surface area contributed by atoms with E-state index in [0.717, 1.165) is 4.90 Å². The molecule has 1 aliphatic rings. The van der Waals surface area contributed by atoms with E-state index < -0.39 is 11.9 Å². The normalized spacial score (nSPS) is 19.4. The van der Waals surface area contributed by atoms with Crippen LogP contribution < -0.4 is 0 Å². The van der Waals surface area contributed by atoms with E-state index in [1.54, 1.807) is 6.07 Å². The molecule has 1 aromatic carbocycles. The van der Waals surface area contributed by atoms with Crippen LogP contribution in [-0.2, 0) is 9.59 Å². The molecule has 0 radical (unpaired) electrons. The zero-order valence-electron chi connectivity index (χ0n) is 10.3. The molecule has 20 heavy (non-hydrogen) atoms. The molecule has 1 saturated heterocycles. The van der Waals surface area contributed by atoms with E-state index >= 15 is 0 Å². The van der Waals surface area contributed by atoms with Gasteiger partial charge in [-0.2, -0.15) is 0 Å². The highest BCUT2D eigenvalue weighted by Crippen LogP contribution is 2.30. The maximum Gasteiger partial charge on any atom is 0.252 e. The van der Waals surface area contributed by atoms with E-state index in [1.165, 1.54) is 17.7 Å². The number of halogens is 2. The van der Waals surface area contributed by atoms with Crippen molar-refractivity contribution >= 4 is 51.0 Å². The van der Waals surface area contributed by atoms with Crippen molar-refractivity contribution in [3.8, 4) is 0 Å². The Hall–Kier alpha value is -1.54. The Kier molecular flexibility index (Phi) is 3.02. The van der Waals surface area contributed by atoms with Crippen molar-refractivity contribution in [2.24, 2.45) is 0 Å². The topological polar surface area (TPSA) is 58.1 Å². The summed E-state index contributed by atoms with van der Waals surface area (Å²) in [5, 5.41) is 0. The number of imidazole rings is 1. The van der Waals surface area contributed by atoms with Gasteiger partial charge in [-0.3, -0.25) is 14.5 Å². The summed E-state index contributed by atoms with van der Waals surface area (Å²) < 4.78 is 15.8. The van der Waals surface area contributed by atoms with Crippen LogP contribution in [0.25, 0.3) is 11.0 Å². The van der Waals surface area contributed by atoms with Gasteiger partial charge in [0.25, 0.3) is 5.91 Å². The molecule has 1 aliphatic heterocycles. The maximum absolute atomic E-state index is 13.7. The largest absolute Gasteiger partial charge is 0.331 e. The van der Waals surface area contributed by atoms with Gasteiger partial charge in [-0.25, -0.2) is 4.39 Å². The molecule has 1 atom stereocenters. The third kappa shape index (κ3) is 1.82. The van der Waals surface area contributed by atoms with Gasteiger partial charge in [-0.05, 0) is 34.2 Å². The number of hydrogen-bond donors (Lipinski definition) is 1. The van der Waals surface area contributed by atoms with Gasteiger partial charge in [0, 0.05) is 13.1 Å². The molecule has 0 bridgehead atoms. The Balaban J connectivity index is 2.24. The number of rotatable bonds is 1. The highest BCUT2D eigenvalue weighted by atomic mass is 79.9. The summed E-state index contributed by atoms with van der Waals surface area (Å²) in [6.45, 7) is 0. The Labute approximate surface area is 126 Å². The molecular formula is C12H9BrFN3O2S. The first-order valence-corrected chi connectivity index (χ1v) is 7.00. The smallest absolute Gasteiger partial charge is 0.252 e. The lowest BCUT2D eigenvalue weighted by molar-refractivity contribution is -0.137. The second-order valence-electron chi connectivity index (χ2n) is 4.59. The van der Waals surface area contributed by atoms with E-state index in [4.69, 9.17) is 12.2 Å². The molecule has 0 aliphatic carbocycles. The van der Waals surface area contributed by atoms with Gasteiger partial charge in [-0.1, -0.05) is 0 Å². The van der Waals surface area contributed by atoms with Crippen molar-refractivity contribution in [2.45, 2.75) is 12.5 Å². The summed E-state index contributed by atoms with van der Waals surface area (Å²) in [4.78, 5) is 27.7. The lowest BCUT2D eigenvalue weighted by Crippen LogP contribution is -2.26. The fraction of sp³-hybridized carbons (Fsp3) is 0.250. The first-order chi connectivity index (χ1) is 9.40. The summed E-state index contributed by atoms with van der Waals surface area (Å²) in [6, 6.07) is 2.14. The Morgan fingerprint density at radius 2 is 2.15 bits per heavy atom. The van der Waals surface area contributed by atoms with E-state index in [1.807, 2.05) is 0 Å². The molecule has 5 nitrogen and oxygen atoms in total. The third-order valence-electron chi connectivity index (χ3n) is 3.43. The monoisotopic (exact) mass is 357 g/mol. The van der Waals surface area contributed by atoms with Crippen molar-refractivity contribution in [3.05, 3.63) is 27.2 Å². The van der Waals surface area contributed by atoms with Gasteiger partial charge in [0.15, 0.2) is 4.77 Å². The second-order valence-corrected chi connectivity index (χ2v) is 5.84. The number of H-pyrrole nitrogens is 1. The maximum atomic E-state index is 13.7. The summed E-state index contributed by atoms with van der Waals surface area (Å²) in [6.07, 6.45) is 0.0360. The predicted octanol–water partition coefficient (Wildman–Crippen LogP) is 2.53. The van der Waals surface area contributed by atoms with Crippen LogP contribution in [0.3, 0.4) is 0 Å². The molecule has 1 aromatic heterocycles. The SMILES string of the molecule is CN1C(=O)CC(n2c(=S)[nH]c3cc(Br)c(F)cc32)C1=O. The number of likely N-dealkylation sites (N-methyl/N-ethyl adjacent to an activating group) is 1. The molecule has 0 spiro atoms. The standard InChI is InChI=1S/C12H9BrFN3O2S/c1-16-10(18)4-9(11(16)19)17-8-3-6(14)5(13)2-7(8)15-12(17)20/h2-3,9H,4H2,1H3,(H,15,20). The molecular weight excluding hydrogens is 349 g/mol. The Morgan fingerprint density at radius 3 is 2.75 bits per heavy atom. The number of amides is 2. The number of aromatic nitrogens is 2. The first-order valence-electron chi connectivity index (χ1n) is 5.80. The summed E-state index contributed by atoms with van der Waals surface area (Å²) in [5.41, 5.74) is 1.08. The highest BCUT2D eigenvalue weighted by molar-refractivity contribution is 9.10. The van der Waals surface area contributed by atoms with Crippen molar-refractivity contribution < 1.29 is 14.0 Å². The van der Waals surface area contributed by atoms with Crippen LogP contribution in [0.15, 0.2) is 16.6 Å². The number of nitrogens with zero attached hydrogens (tertiary/aromatic N) is 2. The minimum Gasteiger partial charge on any atom is -0.331 e. The minimum atomic E-state index is -0.714. The summed E-state index contributed by atoms with van der Waals surface area (Å²) >= 11 is 8.29. The first kappa shape index (κ1) is 13.4. The average molecular weight is 358 g/mol. The van der Waals surface area contributed by atoms with E-state index in [2.05, 4.69) is 20.9 Å². The molecule has 8 heteroatoms. The van der Waals surface area contributed by atoms with Crippen LogP contribution >= 0.6 is 28.1 Å². The number of aromatic amines is 1. The highest BCUT2D eigenvalue weighted by Gasteiger charge is 2.38. The number of fused-ring (bicyclic) bond motifs is 1. The van der Waals surface area contributed by atoms with Crippen LogP contribution in [0.4, 0.5) is 4.39 Å². The third-order valence-corrected chi connectivity index (χ3v) is 4.33. The van der Waals surface area contributed by atoms with Crippen molar-refractivity contribution in [1.29, 1.82) is 0 Å². The lowest BCUT2D eigenvalue weighted by Gasteiger charge is -2.11. The fourth-order valence-electron chi connectivity index (χ4n) is 2.37. The van der Waals surface area contributed by atoms with Crippen LogP contribution in [0.2, 0.25) is 0 Å². The van der Waals surface area contributed by atoms with Crippen LogP contribution in [0.1, 0.15) is 12.5 Å². The number of carbonyl (C=O) groups excluding carboxylic acids is 2. The van der Waals surface area contributed by atoms with Gasteiger partial charge in [0.1, 0.15) is 11.9 Å². The Morgan fingerprint density at radius 1 is 1.45 bits per heavy atom. The van der Waals surface area contributed by atoms with Gasteiger partial charge >= 0.3 is 0 Å². The number of hydrogen-bond acceptors (Lipinski definition) is 3. The van der Waals surface area contributed by atoms with Crippen molar-refractivity contribution in [1.82, 2.24) is 14.5 Å². The molecule has 1 N–H and O–H groups in total. The quantitative estimate of drug-likeness (QED) is 0.630. The van der Waals surface area contributed by atoms with Crippen LogP contribution in [-0.4, -0.2) is 33.3 Å². The number of benzene rings is 1. The van der Waals surface area contributed by atoms with Gasteiger partial charge in [0.2, 0.25) is 5.91 Å². The molecule has 1 unspecified atom stereocenters. The van der Waals surface area contributed by atoms with Gasteiger partial charge in [-0.15, -0.1) is 0 Å². The van der Waals surface area contributed by atoms with Gasteiger partial charge < -0.3 is 9.55 Å².